The van der Waals surface area contributed by atoms with Gasteiger partial charge in [-0.1, -0.05) is 6.92 Å². The molecule has 0 unspecified atom stereocenters. The van der Waals surface area contributed by atoms with E-state index in [0.29, 0.717) is 11.7 Å². The number of hydrogen-bond acceptors (Lipinski definition) is 5. The third-order valence-corrected chi connectivity index (χ3v) is 3.37. The van der Waals surface area contributed by atoms with Crippen molar-refractivity contribution in [3.63, 3.8) is 0 Å². The maximum atomic E-state index is 11.0. The van der Waals surface area contributed by atoms with Gasteiger partial charge in [0.2, 0.25) is 0 Å². The van der Waals surface area contributed by atoms with Crippen molar-refractivity contribution >= 4 is 11.8 Å². The lowest BCUT2D eigenvalue weighted by Gasteiger charge is -2.15. The van der Waals surface area contributed by atoms with Crippen LogP contribution in [0.3, 0.4) is 0 Å². The van der Waals surface area contributed by atoms with Crippen LogP contribution in [0.5, 0.6) is 0 Å². The fourth-order valence-electron chi connectivity index (χ4n) is 2.46. The third kappa shape index (κ3) is 3.64. The third-order valence-electron chi connectivity index (χ3n) is 3.37. The van der Waals surface area contributed by atoms with E-state index in [2.05, 4.69) is 27.1 Å². The van der Waals surface area contributed by atoms with E-state index in [4.69, 9.17) is 5.11 Å². The van der Waals surface area contributed by atoms with Crippen LogP contribution in [-0.4, -0.2) is 52.1 Å². The second kappa shape index (κ2) is 6.47. The normalized spacial score (nSPS) is 19.5. The Labute approximate surface area is 112 Å². The molecule has 1 saturated heterocycles. The predicted molar refractivity (Wildman–Crippen MR) is 72.3 cm³/mol. The molecular weight excluding hydrogens is 244 g/mol. The molecule has 6 nitrogen and oxygen atoms in total. The predicted octanol–water partition coefficient (Wildman–Crippen LogP) is 1.32. The molecule has 2 heterocycles. The molecule has 104 valence electrons. The van der Waals surface area contributed by atoms with Gasteiger partial charge in [-0.3, -0.25) is 0 Å². The summed E-state index contributed by atoms with van der Waals surface area (Å²) in [6, 6.07) is 0. The van der Waals surface area contributed by atoms with Gasteiger partial charge in [0, 0.05) is 25.5 Å². The highest BCUT2D eigenvalue weighted by Gasteiger charge is 2.22. The van der Waals surface area contributed by atoms with Crippen molar-refractivity contribution in [1.29, 1.82) is 0 Å². The van der Waals surface area contributed by atoms with Gasteiger partial charge in [0.05, 0.1) is 0 Å². The fourth-order valence-corrected chi connectivity index (χ4v) is 2.46. The van der Waals surface area contributed by atoms with E-state index < -0.39 is 5.97 Å². The Morgan fingerprint density at radius 2 is 2.32 bits per heavy atom. The van der Waals surface area contributed by atoms with Gasteiger partial charge >= 0.3 is 5.97 Å². The number of nitrogens with one attached hydrogen (secondary N) is 1. The molecule has 6 heteroatoms. The molecule has 2 N–H and O–H groups in total. The Morgan fingerprint density at radius 1 is 1.53 bits per heavy atom. The molecule has 0 radical (unpaired) electrons. The Balaban J connectivity index is 1.88. The lowest BCUT2D eigenvalue weighted by atomic mass is 10.1. The van der Waals surface area contributed by atoms with Crippen molar-refractivity contribution in [2.45, 2.75) is 19.8 Å². The quantitative estimate of drug-likeness (QED) is 0.806. The summed E-state index contributed by atoms with van der Waals surface area (Å²) in [5, 5.41) is 12.1. The van der Waals surface area contributed by atoms with Crippen LogP contribution in [0.2, 0.25) is 0 Å². The lowest BCUT2D eigenvalue weighted by molar-refractivity contribution is 0.0691. The summed E-state index contributed by atoms with van der Waals surface area (Å²) < 4.78 is 0. The number of aromatic carboxylic acids is 1. The van der Waals surface area contributed by atoms with E-state index in [-0.39, 0.29) is 5.69 Å². The molecule has 1 aliphatic rings. The smallest absolute Gasteiger partial charge is 0.358 e. The first-order valence-corrected chi connectivity index (χ1v) is 6.71. The molecule has 1 aromatic heterocycles. The first-order chi connectivity index (χ1) is 9.20. The van der Waals surface area contributed by atoms with Crippen LogP contribution >= 0.6 is 0 Å². The van der Waals surface area contributed by atoms with Crippen LogP contribution < -0.4 is 5.32 Å². The zero-order valence-corrected chi connectivity index (χ0v) is 11.2. The maximum Gasteiger partial charge on any atom is 0.358 e. The minimum absolute atomic E-state index is 0.00842. The summed E-state index contributed by atoms with van der Waals surface area (Å²) in [6.45, 7) is 6.28. The van der Waals surface area contributed by atoms with Crippen molar-refractivity contribution < 1.29 is 9.90 Å². The summed E-state index contributed by atoms with van der Waals surface area (Å²) in [5.74, 6) is -0.131. The van der Waals surface area contributed by atoms with Gasteiger partial charge in [0.1, 0.15) is 0 Å². The Kier molecular flexibility index (Phi) is 4.68. The van der Waals surface area contributed by atoms with Crippen molar-refractivity contribution in [1.82, 2.24) is 14.9 Å². The van der Waals surface area contributed by atoms with E-state index >= 15 is 0 Å². The second-order valence-corrected chi connectivity index (χ2v) is 4.89. The average Bonchev–Trinajstić information content (AvgIpc) is 2.85. The number of nitrogens with zero attached hydrogens (tertiary/aromatic N) is 3. The lowest BCUT2D eigenvalue weighted by Crippen LogP contribution is -2.24. The highest BCUT2D eigenvalue weighted by atomic mass is 16.4. The van der Waals surface area contributed by atoms with Crippen LogP contribution in [-0.2, 0) is 0 Å². The SMILES string of the molecule is CCCN1CC[C@H](CNc2nccnc2C(=O)O)C1. The molecule has 0 spiro atoms. The van der Waals surface area contributed by atoms with Gasteiger partial charge in [-0.2, -0.15) is 0 Å². The van der Waals surface area contributed by atoms with Crippen molar-refractivity contribution in [2.75, 3.05) is 31.5 Å². The molecule has 1 aromatic rings. The van der Waals surface area contributed by atoms with Gasteiger partial charge in [-0.25, -0.2) is 14.8 Å². The molecule has 1 fully saturated rings. The van der Waals surface area contributed by atoms with E-state index in [9.17, 15) is 4.79 Å². The summed E-state index contributed by atoms with van der Waals surface area (Å²) in [4.78, 5) is 21.3. The van der Waals surface area contributed by atoms with Gasteiger partial charge in [0.25, 0.3) is 0 Å². The molecule has 0 aromatic carbocycles. The van der Waals surface area contributed by atoms with E-state index in [1.807, 2.05) is 0 Å². The summed E-state index contributed by atoms with van der Waals surface area (Å²) in [5.41, 5.74) is -0.00842. The highest BCUT2D eigenvalue weighted by Crippen LogP contribution is 2.17. The topological polar surface area (TPSA) is 78.3 Å². The first kappa shape index (κ1) is 13.7. The van der Waals surface area contributed by atoms with Gasteiger partial charge in [-0.15, -0.1) is 0 Å². The van der Waals surface area contributed by atoms with Crippen molar-refractivity contribution in [3.05, 3.63) is 18.1 Å². The molecule has 2 rings (SSSR count). The number of aromatic nitrogens is 2. The zero-order chi connectivity index (χ0) is 13.7. The largest absolute Gasteiger partial charge is 0.476 e. The maximum absolute atomic E-state index is 11.0. The Morgan fingerprint density at radius 3 is 3.05 bits per heavy atom. The van der Waals surface area contributed by atoms with Crippen LogP contribution in [0, 0.1) is 5.92 Å². The minimum Gasteiger partial charge on any atom is -0.476 e. The Bertz CT molecular complexity index is 438. The number of rotatable bonds is 6. The zero-order valence-electron chi connectivity index (χ0n) is 11.2. The monoisotopic (exact) mass is 264 g/mol. The van der Waals surface area contributed by atoms with E-state index in [1.165, 1.54) is 18.8 Å². The average molecular weight is 264 g/mol. The Hall–Kier alpha value is -1.69. The van der Waals surface area contributed by atoms with Gasteiger partial charge in [-0.05, 0) is 31.8 Å². The second-order valence-electron chi connectivity index (χ2n) is 4.89. The first-order valence-electron chi connectivity index (χ1n) is 6.71. The van der Waals surface area contributed by atoms with Gasteiger partial charge in [0.15, 0.2) is 11.5 Å². The molecule has 0 aliphatic carbocycles. The van der Waals surface area contributed by atoms with Crippen molar-refractivity contribution in [2.24, 2.45) is 5.92 Å². The van der Waals surface area contributed by atoms with Crippen molar-refractivity contribution in [3.8, 4) is 0 Å². The summed E-state index contributed by atoms with van der Waals surface area (Å²) in [6.07, 6.45) is 5.23. The minimum atomic E-state index is -1.05. The molecule has 19 heavy (non-hydrogen) atoms. The molecule has 0 amide bonds. The molecule has 0 bridgehead atoms. The number of carbonyl (C=O) groups is 1. The summed E-state index contributed by atoms with van der Waals surface area (Å²) in [7, 11) is 0. The van der Waals surface area contributed by atoms with E-state index in [1.54, 1.807) is 0 Å². The number of likely N-dealkylation sites (tertiary alicyclic amines) is 1. The number of carboxylic acids is 1. The summed E-state index contributed by atoms with van der Waals surface area (Å²) >= 11 is 0. The number of hydrogen-bond donors (Lipinski definition) is 2. The molecule has 1 atom stereocenters. The number of anilines is 1. The van der Waals surface area contributed by atoms with Gasteiger partial charge < -0.3 is 15.3 Å². The van der Waals surface area contributed by atoms with Crippen LogP contribution in [0.4, 0.5) is 5.82 Å². The highest BCUT2D eigenvalue weighted by molar-refractivity contribution is 5.90. The fraction of sp³-hybridized carbons (Fsp3) is 0.615. The van der Waals surface area contributed by atoms with E-state index in [0.717, 1.165) is 32.6 Å². The van der Waals surface area contributed by atoms with Crippen LogP contribution in [0.25, 0.3) is 0 Å². The molecule has 0 saturated carbocycles. The molecular formula is C13H20N4O2. The number of carboxylic acid groups (broad SMARTS) is 1. The standard InChI is InChI=1S/C13H20N4O2/c1-2-6-17-7-3-10(9-17)8-16-12-11(13(18)19)14-4-5-15-12/h4-5,10H,2-3,6-9H2,1H3,(H,15,16)(H,18,19)/t10-/m1/s1. The van der Waals surface area contributed by atoms with Crippen LogP contribution in [0.1, 0.15) is 30.3 Å². The molecule has 1 aliphatic heterocycles. The van der Waals surface area contributed by atoms with Crippen LogP contribution in [0.15, 0.2) is 12.4 Å².